The quantitative estimate of drug-likeness (QED) is 0.501. The molecule has 0 atom stereocenters. The van der Waals surface area contributed by atoms with Crippen LogP contribution in [0.5, 0.6) is 0 Å². The topological polar surface area (TPSA) is 52.1 Å². The lowest BCUT2D eigenvalue weighted by Crippen LogP contribution is -1.80. The Morgan fingerprint density at radius 2 is 1.50 bits per heavy atom. The van der Waals surface area contributed by atoms with Crippen LogP contribution in [0.25, 0.3) is 40.1 Å². The van der Waals surface area contributed by atoms with Gasteiger partial charge in [-0.1, -0.05) is 18.2 Å². The summed E-state index contributed by atoms with van der Waals surface area (Å²) >= 11 is 0. The summed E-state index contributed by atoms with van der Waals surface area (Å²) in [7, 11) is 0. The fourth-order valence-electron chi connectivity index (χ4n) is 2.59. The third kappa shape index (κ3) is 2.52. The molecule has 0 saturated heterocycles. The Kier molecular flexibility index (Phi) is 3.50. The number of hydrogen-bond acceptors (Lipinski definition) is 4. The minimum absolute atomic E-state index is 0.612. The van der Waals surface area contributed by atoms with Gasteiger partial charge in [-0.3, -0.25) is 0 Å². The predicted molar refractivity (Wildman–Crippen MR) is 94.4 cm³/mol. The molecule has 4 heteroatoms. The summed E-state index contributed by atoms with van der Waals surface area (Å²) in [5, 5.41) is 0. The van der Waals surface area contributed by atoms with Crippen LogP contribution in [0, 0.1) is 6.92 Å². The van der Waals surface area contributed by atoms with Gasteiger partial charge in [0.2, 0.25) is 11.8 Å². The third-order valence-electron chi connectivity index (χ3n) is 3.82. The Morgan fingerprint density at radius 3 is 2.17 bits per heavy atom. The molecule has 0 N–H and O–H groups in total. The number of hydrogen-bond donors (Lipinski definition) is 0. The minimum Gasteiger partial charge on any atom is -0.436 e. The van der Waals surface area contributed by atoms with Crippen LogP contribution in [0.3, 0.4) is 0 Å². The summed E-state index contributed by atoms with van der Waals surface area (Å²) in [6.07, 6.45) is 3.85. The van der Waals surface area contributed by atoms with Gasteiger partial charge in [-0.15, -0.1) is 0 Å². The number of rotatable bonds is 3. The molecule has 0 amide bonds. The predicted octanol–water partition coefficient (Wildman–Crippen LogP) is 5.49. The van der Waals surface area contributed by atoms with Crippen molar-refractivity contribution in [1.29, 1.82) is 0 Å². The van der Waals surface area contributed by atoms with Gasteiger partial charge in [0.05, 0.1) is 5.69 Å². The maximum Gasteiger partial charge on any atom is 0.227 e. The molecule has 24 heavy (non-hydrogen) atoms. The van der Waals surface area contributed by atoms with Gasteiger partial charge in [-0.25, -0.2) is 9.97 Å². The van der Waals surface area contributed by atoms with Gasteiger partial charge in [0, 0.05) is 11.1 Å². The van der Waals surface area contributed by atoms with Crippen molar-refractivity contribution in [3.63, 3.8) is 0 Å². The zero-order valence-corrected chi connectivity index (χ0v) is 13.5. The van der Waals surface area contributed by atoms with Crippen molar-refractivity contribution in [2.75, 3.05) is 0 Å². The van der Waals surface area contributed by atoms with Gasteiger partial charge in [0.25, 0.3) is 0 Å². The monoisotopic (exact) mass is 316 g/mol. The van der Waals surface area contributed by atoms with Crippen LogP contribution in [0.15, 0.2) is 63.4 Å². The second-order valence-electron chi connectivity index (χ2n) is 5.53. The molecule has 4 aromatic rings. The first-order chi connectivity index (χ1) is 11.7. The molecule has 2 heterocycles. The fourth-order valence-corrected chi connectivity index (χ4v) is 2.59. The zero-order valence-electron chi connectivity index (χ0n) is 13.5. The molecule has 4 rings (SSSR count). The number of allylic oxidation sites excluding steroid dienone is 1. The van der Waals surface area contributed by atoms with Gasteiger partial charge < -0.3 is 8.83 Å². The van der Waals surface area contributed by atoms with Crippen LogP contribution in [-0.2, 0) is 0 Å². The molecule has 118 valence electrons. The van der Waals surface area contributed by atoms with Crippen molar-refractivity contribution < 1.29 is 8.83 Å². The van der Waals surface area contributed by atoms with E-state index in [9.17, 15) is 0 Å². The molecule has 4 nitrogen and oxygen atoms in total. The highest BCUT2D eigenvalue weighted by atomic mass is 16.4. The average molecular weight is 316 g/mol. The van der Waals surface area contributed by atoms with E-state index in [0.717, 1.165) is 33.7 Å². The number of aromatic nitrogens is 2. The first kappa shape index (κ1) is 14.5. The average Bonchev–Trinajstić information content (AvgIpc) is 3.19. The fraction of sp³-hybridized carbons (Fsp3) is 0.100. The highest BCUT2D eigenvalue weighted by Crippen LogP contribution is 2.28. The molecule has 0 saturated carbocycles. The van der Waals surface area contributed by atoms with Crippen molar-refractivity contribution >= 4 is 17.2 Å². The van der Waals surface area contributed by atoms with Crippen LogP contribution < -0.4 is 0 Å². The van der Waals surface area contributed by atoms with Gasteiger partial charge in [0.15, 0.2) is 5.58 Å². The largest absolute Gasteiger partial charge is 0.436 e. The Labute approximate surface area is 139 Å². The van der Waals surface area contributed by atoms with E-state index in [1.807, 2.05) is 74.5 Å². The summed E-state index contributed by atoms with van der Waals surface area (Å²) in [6, 6.07) is 15.6. The molecule has 2 aromatic carbocycles. The van der Waals surface area contributed by atoms with E-state index in [0.29, 0.717) is 11.8 Å². The number of fused-ring (bicyclic) bond motifs is 1. The number of benzene rings is 2. The van der Waals surface area contributed by atoms with Crippen molar-refractivity contribution in [2.24, 2.45) is 0 Å². The van der Waals surface area contributed by atoms with E-state index in [4.69, 9.17) is 8.83 Å². The summed E-state index contributed by atoms with van der Waals surface area (Å²) in [5.41, 5.74) is 4.37. The first-order valence-corrected chi connectivity index (χ1v) is 7.81. The molecule has 0 bridgehead atoms. The number of oxazole rings is 2. The van der Waals surface area contributed by atoms with Crippen LogP contribution in [0.2, 0.25) is 0 Å². The van der Waals surface area contributed by atoms with Gasteiger partial charge in [-0.05, 0) is 56.3 Å². The Morgan fingerprint density at radius 1 is 0.833 bits per heavy atom. The lowest BCUT2D eigenvalue weighted by molar-refractivity contribution is 0.563. The Hall–Kier alpha value is -3.14. The van der Waals surface area contributed by atoms with Crippen LogP contribution >= 0.6 is 0 Å². The summed E-state index contributed by atoms with van der Waals surface area (Å²) in [6.45, 7) is 3.89. The lowest BCUT2D eigenvalue weighted by Gasteiger charge is -1.98. The molecule has 0 aliphatic rings. The molecular formula is C20H16N2O2. The SMILES string of the molecule is C/C=C\c1oc(-c2ccc(-c3nc4ccccc4o3)cc2)nc1C. The third-order valence-corrected chi connectivity index (χ3v) is 3.82. The minimum atomic E-state index is 0.612. The summed E-state index contributed by atoms with van der Waals surface area (Å²) in [5.74, 6) is 2.01. The van der Waals surface area contributed by atoms with E-state index >= 15 is 0 Å². The lowest BCUT2D eigenvalue weighted by atomic mass is 10.1. The van der Waals surface area contributed by atoms with E-state index in [1.54, 1.807) is 0 Å². The van der Waals surface area contributed by atoms with Crippen molar-refractivity contribution in [3.05, 3.63) is 66.1 Å². The molecule has 0 aliphatic heterocycles. The summed E-state index contributed by atoms with van der Waals surface area (Å²) < 4.78 is 11.6. The van der Waals surface area contributed by atoms with Crippen LogP contribution in [-0.4, -0.2) is 9.97 Å². The second-order valence-corrected chi connectivity index (χ2v) is 5.53. The molecule has 0 unspecified atom stereocenters. The van der Waals surface area contributed by atoms with Gasteiger partial charge in [0.1, 0.15) is 11.3 Å². The molecular weight excluding hydrogens is 300 g/mol. The van der Waals surface area contributed by atoms with E-state index in [-0.39, 0.29) is 0 Å². The molecule has 0 fully saturated rings. The Bertz CT molecular complexity index is 990. The van der Waals surface area contributed by atoms with E-state index < -0.39 is 0 Å². The highest BCUT2D eigenvalue weighted by Gasteiger charge is 2.11. The molecule has 2 aromatic heterocycles. The normalized spacial score (nSPS) is 11.6. The maximum atomic E-state index is 5.80. The number of para-hydroxylation sites is 2. The molecule has 0 radical (unpaired) electrons. The summed E-state index contributed by atoms with van der Waals surface area (Å²) in [4.78, 5) is 8.99. The van der Waals surface area contributed by atoms with Crippen LogP contribution in [0.1, 0.15) is 18.4 Å². The van der Waals surface area contributed by atoms with Crippen molar-refractivity contribution in [3.8, 4) is 22.9 Å². The first-order valence-electron chi connectivity index (χ1n) is 7.81. The van der Waals surface area contributed by atoms with Crippen molar-refractivity contribution in [2.45, 2.75) is 13.8 Å². The van der Waals surface area contributed by atoms with Crippen LogP contribution in [0.4, 0.5) is 0 Å². The molecule has 0 spiro atoms. The smallest absolute Gasteiger partial charge is 0.227 e. The van der Waals surface area contributed by atoms with Gasteiger partial charge >= 0.3 is 0 Å². The molecule has 0 aliphatic carbocycles. The second kappa shape index (κ2) is 5.81. The zero-order chi connectivity index (χ0) is 16.5. The van der Waals surface area contributed by atoms with E-state index in [2.05, 4.69) is 9.97 Å². The van der Waals surface area contributed by atoms with E-state index in [1.165, 1.54) is 0 Å². The highest BCUT2D eigenvalue weighted by molar-refractivity contribution is 5.76. The number of aryl methyl sites for hydroxylation is 1. The van der Waals surface area contributed by atoms with Crippen molar-refractivity contribution in [1.82, 2.24) is 9.97 Å². The number of nitrogens with zero attached hydrogens (tertiary/aromatic N) is 2. The Balaban J connectivity index is 1.68. The van der Waals surface area contributed by atoms with Gasteiger partial charge in [-0.2, -0.15) is 0 Å². The standard InChI is InChI=1S/C20H16N2O2/c1-3-6-17-13(2)21-19(23-17)14-9-11-15(12-10-14)20-22-16-7-4-5-8-18(16)24-20/h3-12H,1-2H3/b6-3-. The maximum absolute atomic E-state index is 5.80.